The fraction of sp³-hybridized carbons (Fsp3) is 0.857. The van der Waals surface area contributed by atoms with Crippen LogP contribution in [0, 0.1) is 0 Å². The van der Waals surface area contributed by atoms with E-state index in [1.807, 2.05) is 19.0 Å². The van der Waals surface area contributed by atoms with Gasteiger partial charge in [-0.15, -0.1) is 0 Å². The molecular formula is C7H15N2O. The Morgan fingerprint density at radius 1 is 1.60 bits per heavy atom. The molecule has 0 N–H and O–H groups in total. The highest BCUT2D eigenvalue weighted by Gasteiger charge is 2.08. The van der Waals surface area contributed by atoms with Crippen LogP contribution in [-0.4, -0.2) is 31.6 Å². The van der Waals surface area contributed by atoms with Gasteiger partial charge in [-0.3, -0.25) is 9.69 Å². The van der Waals surface area contributed by atoms with Crippen molar-refractivity contribution in [2.45, 2.75) is 25.9 Å². The lowest BCUT2D eigenvalue weighted by Crippen LogP contribution is -2.35. The standard InChI is InChI=1S/C7H15N2O/c1-4-5-7(8-6-10)9(2)3/h6-7H,4-5H2,1-3H3. The Hall–Kier alpha value is -0.570. The van der Waals surface area contributed by atoms with Gasteiger partial charge < -0.3 is 0 Å². The largest absolute Gasteiger partial charge is 0.288 e. The van der Waals surface area contributed by atoms with Gasteiger partial charge in [-0.05, 0) is 20.5 Å². The first-order chi connectivity index (χ1) is 4.72. The Bertz CT molecular complexity index is 93.6. The first-order valence-electron chi connectivity index (χ1n) is 3.52. The van der Waals surface area contributed by atoms with Gasteiger partial charge in [0, 0.05) is 0 Å². The molecule has 10 heavy (non-hydrogen) atoms. The van der Waals surface area contributed by atoms with Crippen molar-refractivity contribution in [3.8, 4) is 0 Å². The summed E-state index contributed by atoms with van der Waals surface area (Å²) in [6.07, 6.45) is 2.70. The average Bonchev–Trinajstić information content (AvgIpc) is 1.87. The number of rotatable bonds is 5. The summed E-state index contributed by atoms with van der Waals surface area (Å²) in [5, 5.41) is 3.76. The molecule has 1 radical (unpaired) electrons. The topological polar surface area (TPSA) is 34.4 Å². The summed E-state index contributed by atoms with van der Waals surface area (Å²) < 4.78 is 0. The molecule has 3 heteroatoms. The molecule has 0 bridgehead atoms. The smallest absolute Gasteiger partial charge is 0.229 e. The maximum absolute atomic E-state index is 10.0. The maximum Gasteiger partial charge on any atom is 0.229 e. The zero-order valence-corrected chi connectivity index (χ0v) is 6.87. The molecule has 0 aliphatic carbocycles. The van der Waals surface area contributed by atoms with Crippen LogP contribution in [0.1, 0.15) is 19.8 Å². The van der Waals surface area contributed by atoms with Crippen molar-refractivity contribution in [1.82, 2.24) is 10.2 Å². The van der Waals surface area contributed by atoms with Crippen molar-refractivity contribution < 1.29 is 4.79 Å². The molecule has 0 saturated heterocycles. The molecule has 59 valence electrons. The molecule has 1 atom stereocenters. The Balaban J connectivity index is 3.60. The molecule has 0 aliphatic heterocycles. The van der Waals surface area contributed by atoms with E-state index in [1.165, 1.54) is 0 Å². The highest BCUT2D eigenvalue weighted by atomic mass is 16.1. The van der Waals surface area contributed by atoms with Gasteiger partial charge in [0.2, 0.25) is 6.41 Å². The molecule has 3 nitrogen and oxygen atoms in total. The van der Waals surface area contributed by atoms with Gasteiger partial charge in [0.1, 0.15) is 6.17 Å². The van der Waals surface area contributed by atoms with Gasteiger partial charge >= 0.3 is 0 Å². The van der Waals surface area contributed by atoms with Crippen molar-refractivity contribution in [1.29, 1.82) is 0 Å². The molecule has 0 rings (SSSR count). The van der Waals surface area contributed by atoms with Gasteiger partial charge in [-0.1, -0.05) is 13.3 Å². The van der Waals surface area contributed by atoms with Gasteiger partial charge in [-0.25, -0.2) is 5.32 Å². The fourth-order valence-electron chi connectivity index (χ4n) is 0.795. The number of hydrogen-bond donors (Lipinski definition) is 0. The third-order valence-corrected chi connectivity index (χ3v) is 1.38. The average molecular weight is 143 g/mol. The molecule has 0 aromatic rings. The highest BCUT2D eigenvalue weighted by molar-refractivity contribution is 5.45. The van der Waals surface area contributed by atoms with Crippen LogP contribution in [0.3, 0.4) is 0 Å². The predicted octanol–water partition coefficient (Wildman–Crippen LogP) is 0.435. The monoisotopic (exact) mass is 143 g/mol. The van der Waals surface area contributed by atoms with Crippen LogP contribution in [-0.2, 0) is 4.79 Å². The molecule has 0 aliphatic rings. The number of hydrogen-bond acceptors (Lipinski definition) is 2. The first kappa shape index (κ1) is 9.43. The number of carbonyl (C=O) groups is 1. The van der Waals surface area contributed by atoms with Crippen LogP contribution < -0.4 is 5.32 Å². The van der Waals surface area contributed by atoms with E-state index in [-0.39, 0.29) is 6.17 Å². The van der Waals surface area contributed by atoms with Crippen molar-refractivity contribution in [3.05, 3.63) is 0 Å². The van der Waals surface area contributed by atoms with Crippen LogP contribution in [0.5, 0.6) is 0 Å². The zero-order valence-electron chi connectivity index (χ0n) is 6.87. The molecule has 0 aromatic carbocycles. The van der Waals surface area contributed by atoms with Gasteiger partial charge in [-0.2, -0.15) is 0 Å². The molecule has 0 spiro atoms. The second-order valence-corrected chi connectivity index (χ2v) is 2.49. The second kappa shape index (κ2) is 5.23. The zero-order chi connectivity index (χ0) is 7.98. The van der Waals surface area contributed by atoms with Crippen molar-refractivity contribution in [2.24, 2.45) is 0 Å². The quantitative estimate of drug-likeness (QED) is 0.523. The minimum Gasteiger partial charge on any atom is -0.288 e. The van der Waals surface area contributed by atoms with E-state index in [0.717, 1.165) is 12.8 Å². The summed E-state index contributed by atoms with van der Waals surface area (Å²) in [5.41, 5.74) is 0. The fourth-order valence-corrected chi connectivity index (χ4v) is 0.795. The summed E-state index contributed by atoms with van der Waals surface area (Å²) in [5.74, 6) is 0. The third-order valence-electron chi connectivity index (χ3n) is 1.38. The van der Waals surface area contributed by atoms with Crippen LogP contribution >= 0.6 is 0 Å². The summed E-state index contributed by atoms with van der Waals surface area (Å²) in [6, 6.07) is 0. The molecule has 1 unspecified atom stereocenters. The minimum absolute atomic E-state index is 0.0718. The van der Waals surface area contributed by atoms with E-state index in [2.05, 4.69) is 12.2 Å². The van der Waals surface area contributed by atoms with E-state index in [1.54, 1.807) is 0 Å². The number of amides is 1. The van der Waals surface area contributed by atoms with Gasteiger partial charge in [0.05, 0.1) is 0 Å². The molecule has 0 aromatic heterocycles. The van der Waals surface area contributed by atoms with Crippen LogP contribution in [0.15, 0.2) is 0 Å². The molecule has 0 heterocycles. The summed E-state index contributed by atoms with van der Waals surface area (Å²) in [6.45, 7) is 2.08. The third kappa shape index (κ3) is 3.45. The Morgan fingerprint density at radius 2 is 2.20 bits per heavy atom. The van der Waals surface area contributed by atoms with E-state index < -0.39 is 0 Å². The van der Waals surface area contributed by atoms with E-state index in [0.29, 0.717) is 6.41 Å². The maximum atomic E-state index is 10.0. The highest BCUT2D eigenvalue weighted by Crippen LogP contribution is 1.98. The first-order valence-corrected chi connectivity index (χ1v) is 3.52. The van der Waals surface area contributed by atoms with Gasteiger partial charge in [0.25, 0.3) is 0 Å². The number of carbonyl (C=O) groups excluding carboxylic acids is 1. The van der Waals surface area contributed by atoms with Crippen LogP contribution in [0.2, 0.25) is 0 Å². The summed E-state index contributed by atoms with van der Waals surface area (Å²) >= 11 is 0. The van der Waals surface area contributed by atoms with Crippen molar-refractivity contribution >= 4 is 6.41 Å². The van der Waals surface area contributed by atoms with Crippen LogP contribution in [0.4, 0.5) is 0 Å². The summed E-state index contributed by atoms with van der Waals surface area (Å²) in [4.78, 5) is 11.9. The Kier molecular flexibility index (Phi) is 4.94. The van der Waals surface area contributed by atoms with Crippen molar-refractivity contribution in [3.63, 3.8) is 0 Å². The van der Waals surface area contributed by atoms with E-state index >= 15 is 0 Å². The SMILES string of the molecule is CCCC([N]C=O)N(C)C. The van der Waals surface area contributed by atoms with Gasteiger partial charge in [0.15, 0.2) is 0 Å². The minimum atomic E-state index is 0.0718. The molecule has 1 amide bonds. The molecular weight excluding hydrogens is 128 g/mol. The Morgan fingerprint density at radius 3 is 2.50 bits per heavy atom. The molecule has 0 saturated carbocycles. The molecule has 0 fully saturated rings. The van der Waals surface area contributed by atoms with E-state index in [4.69, 9.17) is 0 Å². The predicted molar refractivity (Wildman–Crippen MR) is 40.6 cm³/mol. The lowest BCUT2D eigenvalue weighted by atomic mass is 10.2. The normalized spacial score (nSPS) is 13.2. The Labute approximate surface area is 62.4 Å². The number of nitrogens with zero attached hydrogens (tertiary/aromatic N) is 2. The van der Waals surface area contributed by atoms with E-state index in [9.17, 15) is 4.79 Å². The lowest BCUT2D eigenvalue weighted by Gasteiger charge is -2.20. The van der Waals surface area contributed by atoms with Crippen molar-refractivity contribution in [2.75, 3.05) is 14.1 Å². The summed E-state index contributed by atoms with van der Waals surface area (Å²) in [7, 11) is 3.85. The van der Waals surface area contributed by atoms with Crippen LogP contribution in [0.25, 0.3) is 0 Å². The lowest BCUT2D eigenvalue weighted by molar-refractivity contribution is -0.111. The second-order valence-electron chi connectivity index (χ2n) is 2.49.